The van der Waals surface area contributed by atoms with Gasteiger partial charge in [0, 0.05) is 38.9 Å². The average Bonchev–Trinajstić information content (AvgIpc) is 2.52. The first kappa shape index (κ1) is 18.9. The highest BCUT2D eigenvalue weighted by Gasteiger charge is 2.19. The summed E-state index contributed by atoms with van der Waals surface area (Å²) in [6.45, 7) is 6.41. The van der Waals surface area contributed by atoms with Gasteiger partial charge in [-0.2, -0.15) is 12.7 Å². The molecule has 0 radical (unpaired) electrons. The van der Waals surface area contributed by atoms with Crippen LogP contribution < -0.4 is 9.62 Å². The second-order valence-corrected chi connectivity index (χ2v) is 7.16. The van der Waals surface area contributed by atoms with Crippen molar-refractivity contribution in [1.29, 1.82) is 0 Å². The van der Waals surface area contributed by atoms with Gasteiger partial charge in [-0.05, 0) is 31.4 Å². The molecule has 1 N–H and O–H groups in total. The molecule has 0 saturated heterocycles. The van der Waals surface area contributed by atoms with Crippen LogP contribution in [-0.4, -0.2) is 45.9 Å². The Kier molecular flexibility index (Phi) is 8.45. The molecule has 0 amide bonds. The zero-order valence-electron chi connectivity index (χ0n) is 14.0. The van der Waals surface area contributed by atoms with Gasteiger partial charge in [-0.1, -0.05) is 32.0 Å². The van der Waals surface area contributed by atoms with Crippen molar-refractivity contribution in [1.82, 2.24) is 9.03 Å². The molecule has 0 aliphatic rings. The molecule has 1 rings (SSSR count). The van der Waals surface area contributed by atoms with Crippen molar-refractivity contribution in [3.8, 4) is 0 Å². The molecule has 126 valence electrons. The van der Waals surface area contributed by atoms with Crippen LogP contribution in [0.15, 0.2) is 30.3 Å². The molecule has 0 unspecified atom stereocenters. The van der Waals surface area contributed by atoms with E-state index in [0.717, 1.165) is 31.5 Å². The Morgan fingerprint density at radius 2 is 1.59 bits per heavy atom. The molecule has 0 atom stereocenters. The molecule has 0 saturated carbocycles. The van der Waals surface area contributed by atoms with Gasteiger partial charge in [0.25, 0.3) is 10.2 Å². The second-order valence-electron chi connectivity index (χ2n) is 5.41. The van der Waals surface area contributed by atoms with Gasteiger partial charge < -0.3 is 4.90 Å². The highest BCUT2D eigenvalue weighted by molar-refractivity contribution is 7.87. The SMILES string of the molecule is CCCN(CCC)S(=O)(=O)NCCCN(C)c1ccccc1. The topological polar surface area (TPSA) is 52.7 Å². The lowest BCUT2D eigenvalue weighted by Gasteiger charge is -2.22. The first-order valence-electron chi connectivity index (χ1n) is 8.02. The van der Waals surface area contributed by atoms with E-state index in [1.165, 1.54) is 4.31 Å². The Hall–Kier alpha value is -1.11. The number of hydrogen-bond acceptors (Lipinski definition) is 3. The smallest absolute Gasteiger partial charge is 0.279 e. The minimum absolute atomic E-state index is 0.462. The lowest BCUT2D eigenvalue weighted by Crippen LogP contribution is -2.42. The van der Waals surface area contributed by atoms with E-state index in [-0.39, 0.29) is 0 Å². The number of nitrogens with zero attached hydrogens (tertiary/aromatic N) is 2. The summed E-state index contributed by atoms with van der Waals surface area (Å²) in [6, 6.07) is 10.1. The Morgan fingerprint density at radius 1 is 1.00 bits per heavy atom. The van der Waals surface area contributed by atoms with Crippen LogP contribution >= 0.6 is 0 Å². The summed E-state index contributed by atoms with van der Waals surface area (Å²) in [5.74, 6) is 0. The Labute approximate surface area is 135 Å². The van der Waals surface area contributed by atoms with Crippen LogP contribution in [0.4, 0.5) is 5.69 Å². The quantitative estimate of drug-likeness (QED) is 0.635. The van der Waals surface area contributed by atoms with Gasteiger partial charge in [-0.25, -0.2) is 4.72 Å². The Morgan fingerprint density at radius 3 is 2.14 bits per heavy atom. The highest BCUT2D eigenvalue weighted by atomic mass is 32.2. The lowest BCUT2D eigenvalue weighted by molar-refractivity contribution is 0.401. The summed E-state index contributed by atoms with van der Waals surface area (Å²) >= 11 is 0. The number of anilines is 1. The number of rotatable bonds is 11. The van der Waals surface area contributed by atoms with Crippen LogP contribution in [0.1, 0.15) is 33.1 Å². The molecule has 0 fully saturated rings. The van der Waals surface area contributed by atoms with Crippen LogP contribution in [-0.2, 0) is 10.2 Å². The fourth-order valence-electron chi connectivity index (χ4n) is 2.27. The van der Waals surface area contributed by atoms with E-state index < -0.39 is 10.2 Å². The van der Waals surface area contributed by atoms with Gasteiger partial charge in [-0.15, -0.1) is 0 Å². The molecule has 1 aromatic rings. The standard InChI is InChI=1S/C16H29N3O2S/c1-4-13-19(14-5-2)22(20,21)17-12-9-15-18(3)16-10-7-6-8-11-16/h6-8,10-11,17H,4-5,9,12-15H2,1-3H3. The minimum atomic E-state index is -3.34. The molecule has 6 heteroatoms. The van der Waals surface area contributed by atoms with E-state index in [4.69, 9.17) is 0 Å². The van der Waals surface area contributed by atoms with Gasteiger partial charge in [0.15, 0.2) is 0 Å². The van der Waals surface area contributed by atoms with E-state index in [1.54, 1.807) is 0 Å². The number of para-hydroxylation sites is 1. The molecular weight excluding hydrogens is 298 g/mol. The second kappa shape index (κ2) is 9.82. The van der Waals surface area contributed by atoms with Crippen molar-refractivity contribution in [2.45, 2.75) is 33.1 Å². The van der Waals surface area contributed by atoms with E-state index in [2.05, 4.69) is 21.8 Å². The molecule has 0 bridgehead atoms. The predicted octanol–water partition coefficient (Wildman–Crippen LogP) is 2.47. The molecular formula is C16H29N3O2S. The minimum Gasteiger partial charge on any atom is -0.375 e. The van der Waals surface area contributed by atoms with Crippen LogP contribution in [0.25, 0.3) is 0 Å². The Balaban J connectivity index is 2.39. The van der Waals surface area contributed by atoms with Crippen molar-refractivity contribution < 1.29 is 8.42 Å². The third-order valence-electron chi connectivity index (χ3n) is 3.44. The van der Waals surface area contributed by atoms with Crippen LogP contribution in [0, 0.1) is 0 Å². The van der Waals surface area contributed by atoms with E-state index >= 15 is 0 Å². The summed E-state index contributed by atoms with van der Waals surface area (Å²) in [5, 5.41) is 0. The third kappa shape index (κ3) is 6.34. The summed E-state index contributed by atoms with van der Waals surface area (Å²) < 4.78 is 28.7. The Bertz CT molecular complexity index is 499. The zero-order chi connectivity index (χ0) is 16.4. The molecule has 0 spiro atoms. The summed E-state index contributed by atoms with van der Waals surface area (Å²) in [6.07, 6.45) is 2.44. The normalized spacial score (nSPS) is 11.8. The first-order valence-corrected chi connectivity index (χ1v) is 9.46. The lowest BCUT2D eigenvalue weighted by atomic mass is 10.3. The average molecular weight is 327 g/mol. The molecule has 0 aliphatic heterocycles. The van der Waals surface area contributed by atoms with Crippen molar-refractivity contribution in [2.24, 2.45) is 0 Å². The van der Waals surface area contributed by atoms with Crippen molar-refractivity contribution in [3.63, 3.8) is 0 Å². The molecule has 5 nitrogen and oxygen atoms in total. The molecule has 22 heavy (non-hydrogen) atoms. The van der Waals surface area contributed by atoms with E-state index in [9.17, 15) is 8.42 Å². The molecule has 0 heterocycles. The summed E-state index contributed by atoms with van der Waals surface area (Å²) in [4.78, 5) is 2.13. The summed E-state index contributed by atoms with van der Waals surface area (Å²) in [5.41, 5.74) is 1.14. The fourth-order valence-corrected chi connectivity index (χ4v) is 3.70. The highest BCUT2D eigenvalue weighted by Crippen LogP contribution is 2.10. The molecule has 0 aliphatic carbocycles. The van der Waals surface area contributed by atoms with Crippen LogP contribution in [0.5, 0.6) is 0 Å². The summed E-state index contributed by atoms with van der Waals surface area (Å²) in [7, 11) is -1.33. The van der Waals surface area contributed by atoms with Gasteiger partial charge >= 0.3 is 0 Å². The van der Waals surface area contributed by atoms with Gasteiger partial charge in [0.05, 0.1) is 0 Å². The molecule has 0 aromatic heterocycles. The van der Waals surface area contributed by atoms with Gasteiger partial charge in [0.1, 0.15) is 0 Å². The van der Waals surface area contributed by atoms with Crippen molar-refractivity contribution in [2.75, 3.05) is 38.1 Å². The maximum Gasteiger partial charge on any atom is 0.279 e. The maximum atomic E-state index is 12.2. The van der Waals surface area contributed by atoms with Gasteiger partial charge in [0.2, 0.25) is 0 Å². The first-order chi connectivity index (χ1) is 10.5. The number of nitrogens with one attached hydrogen (secondary N) is 1. The zero-order valence-corrected chi connectivity index (χ0v) is 14.8. The van der Waals surface area contributed by atoms with Crippen LogP contribution in [0.2, 0.25) is 0 Å². The monoisotopic (exact) mass is 327 g/mol. The maximum absolute atomic E-state index is 12.2. The van der Waals surface area contributed by atoms with Crippen LogP contribution in [0.3, 0.4) is 0 Å². The number of hydrogen-bond donors (Lipinski definition) is 1. The predicted molar refractivity (Wildman–Crippen MR) is 93.4 cm³/mol. The molecule has 1 aromatic carbocycles. The van der Waals surface area contributed by atoms with Gasteiger partial charge in [-0.3, -0.25) is 0 Å². The van der Waals surface area contributed by atoms with Crippen molar-refractivity contribution >= 4 is 15.9 Å². The number of benzene rings is 1. The van der Waals surface area contributed by atoms with E-state index in [0.29, 0.717) is 19.6 Å². The van der Waals surface area contributed by atoms with E-state index in [1.807, 2.05) is 39.1 Å². The third-order valence-corrected chi connectivity index (χ3v) is 5.05. The fraction of sp³-hybridized carbons (Fsp3) is 0.625. The van der Waals surface area contributed by atoms with Crippen molar-refractivity contribution in [3.05, 3.63) is 30.3 Å². The largest absolute Gasteiger partial charge is 0.375 e.